The quantitative estimate of drug-likeness (QED) is 0.756. The van der Waals surface area contributed by atoms with Crippen molar-refractivity contribution in [2.45, 2.75) is 13.8 Å². The average Bonchev–Trinajstić information content (AvgIpc) is 2.94. The Morgan fingerprint density at radius 2 is 2.17 bits per heavy atom. The number of aryl methyl sites for hydroxylation is 2. The van der Waals surface area contributed by atoms with Crippen LogP contribution in [0.1, 0.15) is 11.4 Å². The minimum Gasteiger partial charge on any atom is -0.350 e. The predicted molar refractivity (Wildman–Crippen MR) is 87.3 cm³/mol. The zero-order valence-electron chi connectivity index (χ0n) is 13.2. The SMILES string of the molecule is Cc1ccnc(NC(=O)CN(C)c2nc(C)nc3[nH]ncc23)c1. The minimum absolute atomic E-state index is 0.145. The van der Waals surface area contributed by atoms with Gasteiger partial charge in [-0.05, 0) is 31.5 Å². The number of likely N-dealkylation sites (N-methyl/N-ethyl adjacent to an activating group) is 1. The summed E-state index contributed by atoms with van der Waals surface area (Å²) >= 11 is 0. The summed E-state index contributed by atoms with van der Waals surface area (Å²) < 4.78 is 0. The Balaban J connectivity index is 1.76. The van der Waals surface area contributed by atoms with Gasteiger partial charge in [0.2, 0.25) is 5.91 Å². The Hall–Kier alpha value is -3.03. The molecule has 8 heteroatoms. The number of aromatic nitrogens is 5. The molecule has 118 valence electrons. The number of H-pyrrole nitrogens is 1. The largest absolute Gasteiger partial charge is 0.350 e. The van der Waals surface area contributed by atoms with Crippen molar-refractivity contribution in [3.8, 4) is 0 Å². The van der Waals surface area contributed by atoms with Crippen LogP contribution in [-0.4, -0.2) is 44.6 Å². The van der Waals surface area contributed by atoms with Crippen LogP contribution in [0.2, 0.25) is 0 Å². The fourth-order valence-electron chi connectivity index (χ4n) is 2.30. The van der Waals surface area contributed by atoms with Crippen LogP contribution < -0.4 is 10.2 Å². The van der Waals surface area contributed by atoms with Gasteiger partial charge in [-0.25, -0.2) is 15.0 Å². The molecule has 0 fully saturated rings. The maximum absolute atomic E-state index is 12.2. The first-order valence-electron chi connectivity index (χ1n) is 7.14. The van der Waals surface area contributed by atoms with Gasteiger partial charge in [-0.2, -0.15) is 5.10 Å². The number of nitrogens with zero attached hydrogens (tertiary/aromatic N) is 5. The molecule has 23 heavy (non-hydrogen) atoms. The standard InChI is InChI=1S/C15H17N7O/c1-9-4-5-16-12(6-9)20-13(23)8-22(3)15-11-7-17-21-14(11)18-10(2)19-15/h4-7H,8H2,1-3H3,(H,16,20,23)(H,17,18,19,21). The van der Waals surface area contributed by atoms with Gasteiger partial charge in [-0.1, -0.05) is 0 Å². The van der Waals surface area contributed by atoms with Crippen LogP contribution in [0.5, 0.6) is 0 Å². The average molecular weight is 311 g/mol. The lowest BCUT2D eigenvalue weighted by Gasteiger charge is -2.18. The van der Waals surface area contributed by atoms with Gasteiger partial charge in [0.1, 0.15) is 17.5 Å². The van der Waals surface area contributed by atoms with Crippen LogP contribution in [0.3, 0.4) is 0 Å². The summed E-state index contributed by atoms with van der Waals surface area (Å²) in [6, 6.07) is 3.70. The van der Waals surface area contributed by atoms with E-state index < -0.39 is 0 Å². The number of anilines is 2. The van der Waals surface area contributed by atoms with Crippen molar-refractivity contribution in [3.63, 3.8) is 0 Å². The Bertz CT molecular complexity index is 858. The summed E-state index contributed by atoms with van der Waals surface area (Å²) in [6.45, 7) is 3.89. The summed E-state index contributed by atoms with van der Waals surface area (Å²) in [6.07, 6.45) is 3.32. The zero-order valence-corrected chi connectivity index (χ0v) is 13.2. The van der Waals surface area contributed by atoms with Crippen LogP contribution in [0.25, 0.3) is 11.0 Å². The van der Waals surface area contributed by atoms with Crippen LogP contribution in [0, 0.1) is 13.8 Å². The second-order valence-corrected chi connectivity index (χ2v) is 5.35. The van der Waals surface area contributed by atoms with Gasteiger partial charge in [0.15, 0.2) is 5.65 Å². The lowest BCUT2D eigenvalue weighted by Crippen LogP contribution is -2.31. The van der Waals surface area contributed by atoms with Crippen molar-refractivity contribution in [2.24, 2.45) is 0 Å². The highest BCUT2D eigenvalue weighted by molar-refractivity contribution is 5.95. The molecule has 0 atom stereocenters. The van der Waals surface area contributed by atoms with Crippen LogP contribution in [0.15, 0.2) is 24.5 Å². The molecule has 1 amide bonds. The first kappa shape index (κ1) is 14.9. The molecular formula is C15H17N7O. The predicted octanol–water partition coefficient (Wildman–Crippen LogP) is 1.44. The van der Waals surface area contributed by atoms with Crippen molar-refractivity contribution in [3.05, 3.63) is 35.9 Å². The Morgan fingerprint density at radius 3 is 2.96 bits per heavy atom. The Morgan fingerprint density at radius 1 is 1.35 bits per heavy atom. The third kappa shape index (κ3) is 3.25. The number of fused-ring (bicyclic) bond motifs is 1. The normalized spacial score (nSPS) is 10.7. The fraction of sp³-hybridized carbons (Fsp3) is 0.267. The van der Waals surface area contributed by atoms with E-state index in [1.54, 1.807) is 31.3 Å². The van der Waals surface area contributed by atoms with Gasteiger partial charge < -0.3 is 10.2 Å². The third-order valence-corrected chi connectivity index (χ3v) is 3.33. The van der Waals surface area contributed by atoms with E-state index in [0.717, 1.165) is 10.9 Å². The molecule has 3 aromatic heterocycles. The molecule has 0 aliphatic heterocycles. The molecule has 0 radical (unpaired) electrons. The van der Waals surface area contributed by atoms with Gasteiger partial charge in [-0.15, -0.1) is 0 Å². The Labute approximate surface area is 133 Å². The van der Waals surface area contributed by atoms with Crippen molar-refractivity contribution >= 4 is 28.6 Å². The molecule has 0 aliphatic rings. The van der Waals surface area contributed by atoms with Crippen molar-refractivity contribution in [2.75, 3.05) is 23.8 Å². The lowest BCUT2D eigenvalue weighted by molar-refractivity contribution is -0.114. The zero-order chi connectivity index (χ0) is 16.4. The van der Waals surface area contributed by atoms with Crippen LogP contribution >= 0.6 is 0 Å². The molecule has 3 heterocycles. The maximum atomic E-state index is 12.2. The highest BCUT2D eigenvalue weighted by atomic mass is 16.2. The third-order valence-electron chi connectivity index (χ3n) is 3.33. The minimum atomic E-state index is -0.168. The molecule has 0 aromatic carbocycles. The second-order valence-electron chi connectivity index (χ2n) is 5.35. The van der Waals surface area contributed by atoms with Crippen molar-refractivity contribution < 1.29 is 4.79 Å². The number of rotatable bonds is 4. The molecule has 3 rings (SSSR count). The summed E-state index contributed by atoms with van der Waals surface area (Å²) in [7, 11) is 1.80. The number of aromatic amines is 1. The monoisotopic (exact) mass is 311 g/mol. The highest BCUT2D eigenvalue weighted by Crippen LogP contribution is 2.20. The summed E-state index contributed by atoms with van der Waals surface area (Å²) in [5.74, 6) is 1.65. The summed E-state index contributed by atoms with van der Waals surface area (Å²) in [5.41, 5.74) is 1.69. The number of nitrogens with one attached hydrogen (secondary N) is 2. The van der Waals surface area contributed by atoms with Crippen molar-refractivity contribution in [1.82, 2.24) is 25.1 Å². The van der Waals surface area contributed by atoms with E-state index in [4.69, 9.17) is 0 Å². The molecule has 0 saturated heterocycles. The number of carbonyl (C=O) groups is 1. The molecule has 3 aromatic rings. The number of hydrogen-bond acceptors (Lipinski definition) is 6. The van der Waals surface area contributed by atoms with E-state index in [9.17, 15) is 4.79 Å². The molecule has 0 spiro atoms. The van der Waals surface area contributed by atoms with Gasteiger partial charge in [-0.3, -0.25) is 9.89 Å². The molecule has 2 N–H and O–H groups in total. The van der Waals surface area contributed by atoms with E-state index in [-0.39, 0.29) is 12.5 Å². The smallest absolute Gasteiger partial charge is 0.245 e. The summed E-state index contributed by atoms with van der Waals surface area (Å²) in [4.78, 5) is 26.8. The van der Waals surface area contributed by atoms with Crippen molar-refractivity contribution in [1.29, 1.82) is 0 Å². The van der Waals surface area contributed by atoms with E-state index in [1.807, 2.05) is 19.1 Å². The summed E-state index contributed by atoms with van der Waals surface area (Å²) in [5, 5.41) is 10.4. The topological polar surface area (TPSA) is 99.7 Å². The van der Waals surface area contributed by atoms with E-state index >= 15 is 0 Å². The van der Waals surface area contributed by atoms with E-state index in [0.29, 0.717) is 23.1 Å². The van der Waals surface area contributed by atoms with E-state index in [2.05, 4.69) is 30.5 Å². The van der Waals surface area contributed by atoms with Gasteiger partial charge in [0, 0.05) is 13.2 Å². The number of pyridine rings is 1. The van der Waals surface area contributed by atoms with Gasteiger partial charge in [0.25, 0.3) is 0 Å². The number of amides is 1. The fourth-order valence-corrected chi connectivity index (χ4v) is 2.30. The molecule has 0 saturated carbocycles. The molecule has 0 unspecified atom stereocenters. The lowest BCUT2D eigenvalue weighted by atomic mass is 10.3. The van der Waals surface area contributed by atoms with E-state index in [1.165, 1.54) is 0 Å². The number of carbonyl (C=O) groups excluding carboxylic acids is 1. The molecular weight excluding hydrogens is 294 g/mol. The molecule has 0 aliphatic carbocycles. The second kappa shape index (κ2) is 5.99. The molecule has 8 nitrogen and oxygen atoms in total. The highest BCUT2D eigenvalue weighted by Gasteiger charge is 2.15. The molecule has 0 bridgehead atoms. The first-order chi connectivity index (χ1) is 11.0. The first-order valence-corrected chi connectivity index (χ1v) is 7.14. The number of hydrogen-bond donors (Lipinski definition) is 2. The van der Waals surface area contributed by atoms with Crippen LogP contribution in [0.4, 0.5) is 11.6 Å². The Kier molecular flexibility index (Phi) is 3.88. The van der Waals surface area contributed by atoms with Gasteiger partial charge >= 0.3 is 0 Å². The maximum Gasteiger partial charge on any atom is 0.245 e. The van der Waals surface area contributed by atoms with Gasteiger partial charge in [0.05, 0.1) is 18.1 Å². The van der Waals surface area contributed by atoms with Crippen LogP contribution in [-0.2, 0) is 4.79 Å².